The number of morpholine rings is 1. The van der Waals surface area contributed by atoms with Crippen LogP contribution in [0, 0.1) is 12.8 Å². The van der Waals surface area contributed by atoms with Crippen LogP contribution in [-0.2, 0) is 14.8 Å². The van der Waals surface area contributed by atoms with Gasteiger partial charge in [0.15, 0.2) is 0 Å². The van der Waals surface area contributed by atoms with Crippen molar-refractivity contribution in [3.05, 3.63) is 60.0 Å². The Hall–Kier alpha value is -2.75. The molecule has 170 valence electrons. The van der Waals surface area contributed by atoms with Gasteiger partial charge in [0.2, 0.25) is 21.7 Å². The van der Waals surface area contributed by atoms with E-state index in [-0.39, 0.29) is 16.7 Å². The minimum atomic E-state index is -3.74. The molecular weight excluding hydrogens is 428 g/mol. The van der Waals surface area contributed by atoms with Crippen LogP contribution in [-0.4, -0.2) is 44.9 Å². The van der Waals surface area contributed by atoms with Crippen LogP contribution in [0.3, 0.4) is 0 Å². The Morgan fingerprint density at radius 1 is 1.00 bits per heavy atom. The molecular formula is C23H28N4O4S. The number of nitrogens with zero attached hydrogens (tertiary/aromatic N) is 3. The second kappa shape index (κ2) is 9.40. The Kier molecular flexibility index (Phi) is 6.59. The predicted octanol–water partition coefficient (Wildman–Crippen LogP) is 3.56. The minimum Gasteiger partial charge on any atom is -0.378 e. The maximum atomic E-state index is 12.9. The smallest absolute Gasteiger partial charge is 0.245 e. The van der Waals surface area contributed by atoms with Crippen LogP contribution in [0.4, 0.5) is 5.69 Å². The van der Waals surface area contributed by atoms with E-state index >= 15 is 0 Å². The fourth-order valence-corrected chi connectivity index (χ4v) is 4.88. The van der Waals surface area contributed by atoms with Gasteiger partial charge in [0.25, 0.3) is 0 Å². The zero-order chi connectivity index (χ0) is 22.7. The summed E-state index contributed by atoms with van der Waals surface area (Å²) in [6.45, 7) is 8.91. The van der Waals surface area contributed by atoms with Crippen molar-refractivity contribution in [2.45, 2.75) is 31.7 Å². The van der Waals surface area contributed by atoms with E-state index in [0.29, 0.717) is 5.82 Å². The molecule has 2 heterocycles. The summed E-state index contributed by atoms with van der Waals surface area (Å²) >= 11 is 0. The number of aromatic nitrogens is 2. The van der Waals surface area contributed by atoms with Crippen LogP contribution in [0.2, 0.25) is 0 Å². The lowest BCUT2D eigenvalue weighted by Gasteiger charge is -2.28. The lowest BCUT2D eigenvalue weighted by Crippen LogP contribution is -2.36. The van der Waals surface area contributed by atoms with E-state index in [2.05, 4.69) is 19.8 Å². The molecule has 1 aliphatic heterocycles. The summed E-state index contributed by atoms with van der Waals surface area (Å²) in [5.74, 6) is 0.573. The third-order valence-corrected chi connectivity index (χ3v) is 6.95. The van der Waals surface area contributed by atoms with Gasteiger partial charge in [-0.1, -0.05) is 36.7 Å². The Bertz CT molecular complexity index is 1140. The summed E-state index contributed by atoms with van der Waals surface area (Å²) in [6, 6.07) is 14.0. The van der Waals surface area contributed by atoms with Gasteiger partial charge in [-0.3, -0.25) is 0 Å². The van der Waals surface area contributed by atoms with Crippen LogP contribution >= 0.6 is 0 Å². The number of hydrogen-bond acceptors (Lipinski definition) is 7. The summed E-state index contributed by atoms with van der Waals surface area (Å²) in [6.07, 6.45) is 0. The largest absolute Gasteiger partial charge is 0.378 e. The maximum Gasteiger partial charge on any atom is 0.245 e. The number of hydrogen-bond donors (Lipinski definition) is 1. The lowest BCUT2D eigenvalue weighted by molar-refractivity contribution is 0.122. The van der Waals surface area contributed by atoms with Crippen molar-refractivity contribution in [3.63, 3.8) is 0 Å². The topological polar surface area (TPSA) is 97.6 Å². The molecule has 0 spiro atoms. The first-order valence-corrected chi connectivity index (χ1v) is 12.2. The van der Waals surface area contributed by atoms with Crippen LogP contribution in [0.25, 0.3) is 11.4 Å². The van der Waals surface area contributed by atoms with Crippen molar-refractivity contribution >= 4 is 15.7 Å². The predicted molar refractivity (Wildman–Crippen MR) is 122 cm³/mol. The van der Waals surface area contributed by atoms with Gasteiger partial charge in [-0.15, -0.1) is 0 Å². The molecule has 1 fully saturated rings. The highest BCUT2D eigenvalue weighted by molar-refractivity contribution is 7.89. The molecule has 1 saturated heterocycles. The van der Waals surface area contributed by atoms with Gasteiger partial charge in [-0.25, -0.2) is 8.42 Å². The Morgan fingerprint density at radius 3 is 2.28 bits per heavy atom. The van der Waals surface area contributed by atoms with E-state index in [0.717, 1.165) is 43.1 Å². The molecule has 32 heavy (non-hydrogen) atoms. The van der Waals surface area contributed by atoms with Crippen molar-refractivity contribution in [1.29, 1.82) is 0 Å². The highest BCUT2D eigenvalue weighted by Gasteiger charge is 2.28. The average Bonchev–Trinajstić information content (AvgIpc) is 3.28. The van der Waals surface area contributed by atoms with E-state index in [4.69, 9.17) is 9.26 Å². The minimum absolute atomic E-state index is 0.0905. The Morgan fingerprint density at radius 2 is 1.66 bits per heavy atom. The average molecular weight is 457 g/mol. The highest BCUT2D eigenvalue weighted by Crippen LogP contribution is 2.27. The molecule has 4 rings (SSSR count). The molecule has 0 amide bonds. The summed E-state index contributed by atoms with van der Waals surface area (Å²) in [4.78, 5) is 6.97. The summed E-state index contributed by atoms with van der Waals surface area (Å²) < 4.78 is 39.4. The Labute approximate surface area is 188 Å². The van der Waals surface area contributed by atoms with Crippen molar-refractivity contribution < 1.29 is 17.7 Å². The molecule has 1 atom stereocenters. The molecule has 1 aromatic heterocycles. The van der Waals surface area contributed by atoms with Crippen LogP contribution in [0.15, 0.2) is 57.9 Å². The Balaban J connectivity index is 1.53. The highest BCUT2D eigenvalue weighted by atomic mass is 32.2. The number of nitrogens with one attached hydrogen (secondary N) is 1. The maximum absolute atomic E-state index is 12.9. The quantitative estimate of drug-likeness (QED) is 0.580. The van der Waals surface area contributed by atoms with Crippen molar-refractivity contribution in [1.82, 2.24) is 14.9 Å². The van der Waals surface area contributed by atoms with E-state index in [9.17, 15) is 8.42 Å². The first kappa shape index (κ1) is 22.4. The van der Waals surface area contributed by atoms with Gasteiger partial charge in [-0.2, -0.15) is 9.71 Å². The number of anilines is 1. The molecule has 9 heteroatoms. The fourth-order valence-electron chi connectivity index (χ4n) is 3.55. The van der Waals surface area contributed by atoms with Gasteiger partial charge >= 0.3 is 0 Å². The van der Waals surface area contributed by atoms with Crippen molar-refractivity contribution in [2.75, 3.05) is 31.2 Å². The van der Waals surface area contributed by atoms with E-state index in [1.54, 1.807) is 24.3 Å². The number of sulfonamides is 1. The van der Waals surface area contributed by atoms with Gasteiger partial charge < -0.3 is 14.2 Å². The standard InChI is InChI=1S/C23H28N4O4S/c1-16(2)21(26-32(28,29)20-10-4-17(3)5-11-20)23-24-22(25-31-23)18-6-8-19(9-7-18)27-12-14-30-15-13-27/h4-11,16,21,26H,12-15H2,1-3H3. The van der Waals surface area contributed by atoms with Gasteiger partial charge in [-0.05, 0) is 49.2 Å². The molecule has 0 saturated carbocycles. The molecule has 8 nitrogen and oxygen atoms in total. The summed E-state index contributed by atoms with van der Waals surface area (Å²) in [5.41, 5.74) is 2.91. The second-order valence-corrected chi connectivity index (χ2v) is 9.97. The van der Waals surface area contributed by atoms with Crippen LogP contribution in [0.1, 0.15) is 31.3 Å². The molecule has 2 aromatic carbocycles. The van der Waals surface area contributed by atoms with E-state index < -0.39 is 16.1 Å². The number of rotatable bonds is 7. The number of ether oxygens (including phenoxy) is 1. The summed E-state index contributed by atoms with van der Waals surface area (Å²) in [7, 11) is -3.74. The second-order valence-electron chi connectivity index (χ2n) is 8.26. The first-order valence-electron chi connectivity index (χ1n) is 10.7. The van der Waals surface area contributed by atoms with Crippen molar-refractivity contribution in [2.24, 2.45) is 5.92 Å². The number of aryl methyl sites for hydroxylation is 1. The SMILES string of the molecule is Cc1ccc(S(=O)(=O)NC(c2nc(-c3ccc(N4CCOCC4)cc3)no2)C(C)C)cc1. The molecule has 0 bridgehead atoms. The zero-order valence-electron chi connectivity index (χ0n) is 18.5. The first-order chi connectivity index (χ1) is 15.3. The molecule has 1 unspecified atom stereocenters. The van der Waals surface area contributed by atoms with Gasteiger partial charge in [0.05, 0.1) is 18.1 Å². The van der Waals surface area contributed by atoms with E-state index in [1.165, 1.54) is 0 Å². The fraction of sp³-hybridized carbons (Fsp3) is 0.391. The third-order valence-electron chi connectivity index (χ3n) is 5.49. The van der Waals surface area contributed by atoms with Crippen molar-refractivity contribution in [3.8, 4) is 11.4 Å². The zero-order valence-corrected chi connectivity index (χ0v) is 19.3. The normalized spacial score (nSPS) is 15.8. The third kappa shape index (κ3) is 5.01. The lowest BCUT2D eigenvalue weighted by atomic mass is 10.1. The molecule has 0 aliphatic carbocycles. The molecule has 1 aliphatic rings. The summed E-state index contributed by atoms with van der Waals surface area (Å²) in [5, 5.41) is 4.09. The van der Waals surface area contributed by atoms with Gasteiger partial charge in [0.1, 0.15) is 6.04 Å². The van der Waals surface area contributed by atoms with Gasteiger partial charge in [0, 0.05) is 24.3 Å². The molecule has 0 radical (unpaired) electrons. The molecule has 1 N–H and O–H groups in total. The number of benzene rings is 2. The molecule has 3 aromatic rings. The van der Waals surface area contributed by atoms with Crippen LogP contribution in [0.5, 0.6) is 0 Å². The monoisotopic (exact) mass is 456 g/mol. The van der Waals surface area contributed by atoms with E-state index in [1.807, 2.05) is 45.0 Å². The van der Waals surface area contributed by atoms with Crippen LogP contribution < -0.4 is 9.62 Å².